The molecule has 0 aliphatic heterocycles. The molecule has 3 rings (SSSR count). The van der Waals surface area contributed by atoms with Gasteiger partial charge in [-0.3, -0.25) is 9.59 Å². The van der Waals surface area contributed by atoms with Crippen LogP contribution in [0, 0.1) is 12.7 Å². The van der Waals surface area contributed by atoms with Gasteiger partial charge < -0.3 is 10.6 Å². The Kier molecular flexibility index (Phi) is 6.45. The number of hydrogen-bond donors (Lipinski definition) is 2. The molecule has 3 aromatic rings. The fourth-order valence-corrected chi connectivity index (χ4v) is 3.12. The van der Waals surface area contributed by atoms with Crippen LogP contribution in [0.5, 0.6) is 0 Å². The summed E-state index contributed by atoms with van der Waals surface area (Å²) in [5, 5.41) is 5.56. The van der Waals surface area contributed by atoms with Crippen LogP contribution in [0.1, 0.15) is 15.9 Å². The molecule has 0 bridgehead atoms. The van der Waals surface area contributed by atoms with Gasteiger partial charge in [-0.05, 0) is 67.6 Å². The molecule has 0 saturated carbocycles. The number of carbonyl (C=O) groups is 2. The zero-order valence-corrected chi connectivity index (χ0v) is 16.1. The monoisotopic (exact) mass is 394 g/mol. The summed E-state index contributed by atoms with van der Waals surface area (Å²) < 4.78 is 12.9. The fourth-order valence-electron chi connectivity index (χ4n) is 2.42. The maximum atomic E-state index is 12.9. The quantitative estimate of drug-likeness (QED) is 0.571. The minimum atomic E-state index is -0.345. The third-order valence-corrected chi connectivity index (χ3v) is 4.94. The van der Waals surface area contributed by atoms with E-state index in [1.165, 1.54) is 36.0 Å². The summed E-state index contributed by atoms with van der Waals surface area (Å²) in [4.78, 5) is 25.1. The molecule has 0 aliphatic carbocycles. The predicted octanol–water partition coefficient (Wildman–Crippen LogP) is 5.12. The summed E-state index contributed by atoms with van der Waals surface area (Å²) in [7, 11) is 0. The van der Waals surface area contributed by atoms with Crippen LogP contribution in [0.15, 0.2) is 77.7 Å². The van der Waals surface area contributed by atoms with Crippen LogP contribution >= 0.6 is 11.8 Å². The van der Waals surface area contributed by atoms with E-state index in [-0.39, 0.29) is 23.4 Å². The summed E-state index contributed by atoms with van der Waals surface area (Å²) in [5.41, 5.74) is 2.94. The number of thioether (sulfide) groups is 1. The maximum absolute atomic E-state index is 12.9. The lowest BCUT2D eigenvalue weighted by molar-refractivity contribution is -0.113. The number of carbonyl (C=O) groups excluding carboxylic acids is 2. The first-order chi connectivity index (χ1) is 13.5. The van der Waals surface area contributed by atoms with Crippen molar-refractivity contribution in [2.24, 2.45) is 0 Å². The average molecular weight is 394 g/mol. The standard InChI is InChI=1S/C22H19FN2O2S/c1-15-2-4-16(5-3-15)22(27)25-19-10-12-20(13-11-19)28-14-21(26)24-18-8-6-17(23)7-9-18/h2-13H,14H2,1H3,(H,24,26)(H,25,27). The van der Waals surface area contributed by atoms with E-state index in [4.69, 9.17) is 0 Å². The Balaban J connectivity index is 1.49. The molecule has 0 aromatic heterocycles. The highest BCUT2D eigenvalue weighted by atomic mass is 32.2. The molecular formula is C22H19FN2O2S. The normalized spacial score (nSPS) is 10.4. The molecular weight excluding hydrogens is 375 g/mol. The molecule has 0 fully saturated rings. The third-order valence-electron chi connectivity index (χ3n) is 3.92. The second-order valence-corrected chi connectivity index (χ2v) is 7.24. The minimum absolute atomic E-state index is 0.168. The van der Waals surface area contributed by atoms with Gasteiger partial charge in [0.1, 0.15) is 5.82 Å². The molecule has 0 radical (unpaired) electrons. The molecule has 0 saturated heterocycles. The van der Waals surface area contributed by atoms with Gasteiger partial charge in [0, 0.05) is 21.8 Å². The number of halogens is 1. The van der Waals surface area contributed by atoms with Crippen molar-refractivity contribution < 1.29 is 14.0 Å². The van der Waals surface area contributed by atoms with Gasteiger partial charge in [-0.1, -0.05) is 17.7 Å². The van der Waals surface area contributed by atoms with E-state index in [0.717, 1.165) is 10.5 Å². The van der Waals surface area contributed by atoms with Crippen LogP contribution in [0.25, 0.3) is 0 Å². The largest absolute Gasteiger partial charge is 0.325 e. The summed E-state index contributed by atoms with van der Waals surface area (Å²) in [6, 6.07) is 20.3. The molecule has 0 atom stereocenters. The Morgan fingerprint density at radius 2 is 1.39 bits per heavy atom. The van der Waals surface area contributed by atoms with Gasteiger partial charge in [-0.2, -0.15) is 0 Å². The molecule has 28 heavy (non-hydrogen) atoms. The molecule has 6 heteroatoms. The highest BCUT2D eigenvalue weighted by Crippen LogP contribution is 2.21. The first-order valence-electron chi connectivity index (χ1n) is 8.66. The van der Waals surface area contributed by atoms with Crippen molar-refractivity contribution in [1.29, 1.82) is 0 Å². The van der Waals surface area contributed by atoms with Crippen molar-refractivity contribution in [3.63, 3.8) is 0 Å². The lowest BCUT2D eigenvalue weighted by Gasteiger charge is -2.08. The predicted molar refractivity (Wildman–Crippen MR) is 111 cm³/mol. The van der Waals surface area contributed by atoms with Crippen LogP contribution in [-0.4, -0.2) is 17.6 Å². The smallest absolute Gasteiger partial charge is 0.255 e. The number of rotatable bonds is 6. The van der Waals surface area contributed by atoms with Crippen molar-refractivity contribution in [2.45, 2.75) is 11.8 Å². The lowest BCUT2D eigenvalue weighted by atomic mass is 10.1. The summed E-state index contributed by atoms with van der Waals surface area (Å²) in [6.45, 7) is 1.97. The lowest BCUT2D eigenvalue weighted by Crippen LogP contribution is -2.14. The molecule has 0 aliphatic rings. The minimum Gasteiger partial charge on any atom is -0.325 e. The van der Waals surface area contributed by atoms with Crippen LogP contribution < -0.4 is 10.6 Å². The van der Waals surface area contributed by atoms with Gasteiger partial charge in [-0.15, -0.1) is 11.8 Å². The van der Waals surface area contributed by atoms with E-state index in [2.05, 4.69) is 10.6 Å². The van der Waals surface area contributed by atoms with E-state index in [0.29, 0.717) is 16.9 Å². The molecule has 0 heterocycles. The number of aryl methyl sites for hydroxylation is 1. The van der Waals surface area contributed by atoms with Crippen molar-refractivity contribution in [3.05, 3.63) is 89.7 Å². The van der Waals surface area contributed by atoms with Crippen LogP contribution in [0.2, 0.25) is 0 Å². The van der Waals surface area contributed by atoms with Gasteiger partial charge in [0.05, 0.1) is 5.75 Å². The molecule has 4 nitrogen and oxygen atoms in total. The molecule has 0 unspecified atom stereocenters. The van der Waals surface area contributed by atoms with Gasteiger partial charge in [0.25, 0.3) is 5.91 Å². The Bertz CT molecular complexity index is 955. The highest BCUT2D eigenvalue weighted by Gasteiger charge is 2.07. The number of benzene rings is 3. The molecule has 2 amide bonds. The van der Waals surface area contributed by atoms with Crippen molar-refractivity contribution in [1.82, 2.24) is 0 Å². The van der Waals surface area contributed by atoms with E-state index in [1.807, 2.05) is 31.2 Å². The first kappa shape index (κ1) is 19.6. The highest BCUT2D eigenvalue weighted by molar-refractivity contribution is 8.00. The average Bonchev–Trinajstić information content (AvgIpc) is 2.70. The molecule has 0 spiro atoms. The summed E-state index contributed by atoms with van der Waals surface area (Å²) in [6.07, 6.45) is 0. The Morgan fingerprint density at radius 1 is 0.821 bits per heavy atom. The Morgan fingerprint density at radius 3 is 2.04 bits per heavy atom. The fraction of sp³-hybridized carbons (Fsp3) is 0.0909. The third kappa shape index (κ3) is 5.69. The molecule has 3 aromatic carbocycles. The summed E-state index contributed by atoms with van der Waals surface area (Å²) >= 11 is 1.38. The number of nitrogens with one attached hydrogen (secondary N) is 2. The number of hydrogen-bond acceptors (Lipinski definition) is 3. The van der Waals surface area contributed by atoms with Crippen LogP contribution in [0.4, 0.5) is 15.8 Å². The number of amides is 2. The van der Waals surface area contributed by atoms with E-state index in [9.17, 15) is 14.0 Å². The van der Waals surface area contributed by atoms with Crippen LogP contribution in [0.3, 0.4) is 0 Å². The second-order valence-electron chi connectivity index (χ2n) is 6.19. The maximum Gasteiger partial charge on any atom is 0.255 e. The topological polar surface area (TPSA) is 58.2 Å². The van der Waals surface area contributed by atoms with Crippen molar-refractivity contribution in [2.75, 3.05) is 16.4 Å². The van der Waals surface area contributed by atoms with Crippen molar-refractivity contribution >= 4 is 35.0 Å². The molecule has 142 valence electrons. The van der Waals surface area contributed by atoms with E-state index < -0.39 is 0 Å². The second kappa shape index (κ2) is 9.19. The summed E-state index contributed by atoms with van der Waals surface area (Å²) in [5.74, 6) is -0.457. The Hall–Kier alpha value is -3.12. The van der Waals surface area contributed by atoms with Gasteiger partial charge in [0.2, 0.25) is 5.91 Å². The van der Waals surface area contributed by atoms with E-state index >= 15 is 0 Å². The van der Waals surface area contributed by atoms with E-state index in [1.54, 1.807) is 24.3 Å². The van der Waals surface area contributed by atoms with Crippen LogP contribution in [-0.2, 0) is 4.79 Å². The SMILES string of the molecule is Cc1ccc(C(=O)Nc2ccc(SCC(=O)Nc3ccc(F)cc3)cc2)cc1. The zero-order chi connectivity index (χ0) is 19.9. The zero-order valence-electron chi connectivity index (χ0n) is 15.2. The van der Waals surface area contributed by atoms with Gasteiger partial charge >= 0.3 is 0 Å². The molecule has 2 N–H and O–H groups in total. The Labute approximate surface area is 167 Å². The van der Waals surface area contributed by atoms with Crippen molar-refractivity contribution in [3.8, 4) is 0 Å². The van der Waals surface area contributed by atoms with Gasteiger partial charge in [-0.25, -0.2) is 4.39 Å². The van der Waals surface area contributed by atoms with Gasteiger partial charge in [0.15, 0.2) is 0 Å². The number of anilines is 2. The first-order valence-corrected chi connectivity index (χ1v) is 9.64.